The number of rotatable bonds is 3. The molecule has 5 nitrogen and oxygen atoms in total. The molecular formula is C9H13ClN4O. The van der Waals surface area contributed by atoms with Crippen LogP contribution in [0.5, 0.6) is 5.88 Å². The third kappa shape index (κ3) is 3.30. The summed E-state index contributed by atoms with van der Waals surface area (Å²) in [7, 11) is 0. The van der Waals surface area contributed by atoms with Gasteiger partial charge in [-0.2, -0.15) is 4.98 Å². The second-order valence-electron chi connectivity index (χ2n) is 3.35. The lowest BCUT2D eigenvalue weighted by Gasteiger charge is -2.24. The largest absolute Gasteiger partial charge is 0.475 e. The molecule has 1 aliphatic heterocycles. The minimum Gasteiger partial charge on any atom is -0.475 e. The van der Waals surface area contributed by atoms with Gasteiger partial charge in [0.2, 0.25) is 5.88 Å². The molecule has 2 N–H and O–H groups in total. The highest BCUT2D eigenvalue weighted by atomic mass is 35.5. The highest BCUT2D eigenvalue weighted by molar-refractivity contribution is 6.29. The molecule has 0 radical (unpaired) electrons. The number of nitrogens with zero attached hydrogens (tertiary/aromatic N) is 2. The highest BCUT2D eigenvalue weighted by Crippen LogP contribution is 2.09. The fourth-order valence-corrected chi connectivity index (χ4v) is 1.55. The molecule has 0 spiro atoms. The van der Waals surface area contributed by atoms with Crippen molar-refractivity contribution in [1.82, 2.24) is 20.6 Å². The van der Waals surface area contributed by atoms with E-state index >= 15 is 0 Å². The van der Waals surface area contributed by atoms with Crippen LogP contribution in [0.2, 0.25) is 5.15 Å². The molecule has 0 saturated carbocycles. The topological polar surface area (TPSA) is 59.1 Å². The maximum absolute atomic E-state index is 5.68. The summed E-state index contributed by atoms with van der Waals surface area (Å²) in [5, 5.41) is 6.96. The van der Waals surface area contributed by atoms with Gasteiger partial charge in [-0.25, -0.2) is 0 Å². The Morgan fingerprint density at radius 1 is 1.47 bits per heavy atom. The average Bonchev–Trinajstić information content (AvgIpc) is 2.28. The molecule has 1 saturated heterocycles. The van der Waals surface area contributed by atoms with Gasteiger partial charge in [-0.1, -0.05) is 11.6 Å². The number of nitrogens with one attached hydrogen (secondary N) is 2. The van der Waals surface area contributed by atoms with Gasteiger partial charge in [0.15, 0.2) is 5.15 Å². The zero-order valence-electron chi connectivity index (χ0n) is 8.24. The Bertz CT molecular complexity index is 317. The van der Waals surface area contributed by atoms with Gasteiger partial charge in [-0.3, -0.25) is 4.98 Å². The minimum absolute atomic E-state index is 0.319. The van der Waals surface area contributed by atoms with Crippen LogP contribution in [0.15, 0.2) is 12.4 Å². The molecule has 15 heavy (non-hydrogen) atoms. The molecule has 1 aromatic rings. The summed E-state index contributed by atoms with van der Waals surface area (Å²) in [5.41, 5.74) is 0. The molecule has 82 valence electrons. The second kappa shape index (κ2) is 5.25. The first-order chi connectivity index (χ1) is 7.34. The van der Waals surface area contributed by atoms with Crippen molar-refractivity contribution in [3.8, 4) is 5.88 Å². The van der Waals surface area contributed by atoms with Crippen LogP contribution in [0.1, 0.15) is 0 Å². The normalized spacial score (nSPS) is 21.3. The van der Waals surface area contributed by atoms with E-state index in [4.69, 9.17) is 16.3 Å². The smallest absolute Gasteiger partial charge is 0.233 e. The van der Waals surface area contributed by atoms with E-state index in [2.05, 4.69) is 20.6 Å². The van der Waals surface area contributed by atoms with E-state index in [-0.39, 0.29) is 0 Å². The van der Waals surface area contributed by atoms with E-state index in [1.54, 1.807) is 6.20 Å². The van der Waals surface area contributed by atoms with E-state index in [9.17, 15) is 0 Å². The highest BCUT2D eigenvalue weighted by Gasteiger charge is 2.12. The van der Waals surface area contributed by atoms with Gasteiger partial charge in [0, 0.05) is 19.6 Å². The van der Waals surface area contributed by atoms with Gasteiger partial charge < -0.3 is 15.4 Å². The quantitative estimate of drug-likeness (QED) is 0.767. The second-order valence-corrected chi connectivity index (χ2v) is 3.73. The lowest BCUT2D eigenvalue weighted by atomic mass is 10.2. The predicted octanol–water partition coefficient (Wildman–Crippen LogP) is 0.0702. The van der Waals surface area contributed by atoms with Crippen LogP contribution >= 0.6 is 11.6 Å². The lowest BCUT2D eigenvalue weighted by molar-refractivity contribution is 0.239. The van der Waals surface area contributed by atoms with E-state index in [1.807, 2.05) is 0 Å². The van der Waals surface area contributed by atoms with Crippen molar-refractivity contribution in [2.24, 2.45) is 0 Å². The fraction of sp³-hybridized carbons (Fsp3) is 0.556. The van der Waals surface area contributed by atoms with E-state index in [0.717, 1.165) is 19.6 Å². The first kappa shape index (κ1) is 10.6. The number of hydrogen-bond acceptors (Lipinski definition) is 5. The molecule has 6 heteroatoms. The third-order valence-corrected chi connectivity index (χ3v) is 2.32. The molecule has 1 aliphatic rings. The maximum atomic E-state index is 5.68. The summed E-state index contributed by atoms with van der Waals surface area (Å²) in [6, 6.07) is 0.319. The van der Waals surface area contributed by atoms with E-state index < -0.39 is 0 Å². The lowest BCUT2D eigenvalue weighted by Crippen LogP contribution is -2.51. The predicted molar refractivity (Wildman–Crippen MR) is 57.2 cm³/mol. The first-order valence-corrected chi connectivity index (χ1v) is 5.27. The molecule has 2 heterocycles. The van der Waals surface area contributed by atoms with Gasteiger partial charge in [-0.15, -0.1) is 0 Å². The molecule has 0 bridgehead atoms. The SMILES string of the molecule is Clc1cncc(OCC2CNCCN2)n1. The van der Waals surface area contributed by atoms with Crippen LogP contribution < -0.4 is 15.4 Å². The average molecular weight is 229 g/mol. The van der Waals surface area contributed by atoms with Crippen LogP contribution in [-0.2, 0) is 0 Å². The summed E-state index contributed by atoms with van der Waals surface area (Å²) < 4.78 is 5.47. The molecule has 0 aromatic carbocycles. The molecular weight excluding hydrogens is 216 g/mol. The van der Waals surface area contributed by atoms with Gasteiger partial charge in [0.05, 0.1) is 18.4 Å². The standard InChI is InChI=1S/C9H13ClN4O/c10-8-4-12-5-9(14-8)15-6-7-3-11-1-2-13-7/h4-5,7,11,13H,1-3,6H2. The summed E-state index contributed by atoms with van der Waals surface area (Å²) in [5.74, 6) is 0.467. The number of piperazine rings is 1. The van der Waals surface area contributed by atoms with Crippen molar-refractivity contribution in [3.63, 3.8) is 0 Å². The van der Waals surface area contributed by atoms with Crippen molar-refractivity contribution in [2.75, 3.05) is 26.2 Å². The Kier molecular flexibility index (Phi) is 3.71. The molecule has 1 aromatic heterocycles. The molecule has 1 unspecified atom stereocenters. The Morgan fingerprint density at radius 2 is 2.40 bits per heavy atom. The van der Waals surface area contributed by atoms with Crippen LogP contribution in [0.25, 0.3) is 0 Å². The number of halogens is 1. The van der Waals surface area contributed by atoms with Crippen molar-refractivity contribution < 1.29 is 4.74 Å². The van der Waals surface area contributed by atoms with Crippen molar-refractivity contribution in [2.45, 2.75) is 6.04 Å². The molecule has 0 amide bonds. The van der Waals surface area contributed by atoms with Crippen molar-refractivity contribution in [3.05, 3.63) is 17.5 Å². The molecule has 2 rings (SSSR count). The zero-order chi connectivity index (χ0) is 10.5. The van der Waals surface area contributed by atoms with Gasteiger partial charge in [0.1, 0.15) is 6.61 Å². The van der Waals surface area contributed by atoms with Crippen molar-refractivity contribution >= 4 is 11.6 Å². The van der Waals surface area contributed by atoms with Crippen molar-refractivity contribution in [1.29, 1.82) is 0 Å². The van der Waals surface area contributed by atoms with E-state index in [1.165, 1.54) is 6.20 Å². The third-order valence-electron chi connectivity index (χ3n) is 2.14. The Balaban J connectivity index is 1.81. The Morgan fingerprint density at radius 3 is 3.13 bits per heavy atom. The molecule has 0 aliphatic carbocycles. The van der Waals surface area contributed by atoms with Gasteiger partial charge in [0.25, 0.3) is 0 Å². The van der Waals surface area contributed by atoms with Crippen LogP contribution in [0.3, 0.4) is 0 Å². The first-order valence-electron chi connectivity index (χ1n) is 4.89. The summed E-state index contributed by atoms with van der Waals surface area (Å²) in [6.07, 6.45) is 3.04. The van der Waals surface area contributed by atoms with Crippen LogP contribution in [0, 0.1) is 0 Å². The number of hydrogen-bond donors (Lipinski definition) is 2. The summed E-state index contributed by atoms with van der Waals surface area (Å²) >= 11 is 5.68. The van der Waals surface area contributed by atoms with Gasteiger partial charge in [-0.05, 0) is 0 Å². The molecule has 1 fully saturated rings. The van der Waals surface area contributed by atoms with Crippen LogP contribution in [-0.4, -0.2) is 42.3 Å². The number of ether oxygens (including phenoxy) is 1. The number of aromatic nitrogens is 2. The molecule has 1 atom stereocenters. The Hall–Kier alpha value is -0.910. The Labute approximate surface area is 93.2 Å². The monoisotopic (exact) mass is 228 g/mol. The van der Waals surface area contributed by atoms with E-state index in [0.29, 0.717) is 23.7 Å². The zero-order valence-corrected chi connectivity index (χ0v) is 9.00. The summed E-state index contributed by atoms with van der Waals surface area (Å²) in [6.45, 7) is 3.46. The maximum Gasteiger partial charge on any atom is 0.233 e. The fourth-order valence-electron chi connectivity index (χ4n) is 1.41. The minimum atomic E-state index is 0.319. The van der Waals surface area contributed by atoms with Crippen LogP contribution in [0.4, 0.5) is 0 Å². The summed E-state index contributed by atoms with van der Waals surface area (Å²) in [4.78, 5) is 7.88. The van der Waals surface area contributed by atoms with Gasteiger partial charge >= 0.3 is 0 Å².